The Kier molecular flexibility index (Phi) is 6.73. The predicted molar refractivity (Wildman–Crippen MR) is 124 cm³/mol. The Morgan fingerprint density at radius 1 is 1.10 bits per heavy atom. The van der Waals surface area contributed by atoms with Crippen molar-refractivity contribution in [3.63, 3.8) is 0 Å². The summed E-state index contributed by atoms with van der Waals surface area (Å²) in [6, 6.07) is 10.2. The van der Waals surface area contributed by atoms with Gasteiger partial charge in [0.05, 0.1) is 5.69 Å². The van der Waals surface area contributed by atoms with Gasteiger partial charge in [-0.3, -0.25) is 9.69 Å². The lowest BCUT2D eigenvalue weighted by Crippen LogP contribution is -2.38. The van der Waals surface area contributed by atoms with E-state index < -0.39 is 0 Å². The first-order valence-corrected chi connectivity index (χ1v) is 11.6. The van der Waals surface area contributed by atoms with Crippen molar-refractivity contribution in [1.29, 1.82) is 0 Å². The van der Waals surface area contributed by atoms with Crippen molar-refractivity contribution < 1.29 is 4.79 Å². The molecule has 3 heterocycles. The minimum atomic E-state index is -0.104. The number of hydrogen-bond donors (Lipinski definition) is 1. The summed E-state index contributed by atoms with van der Waals surface area (Å²) in [7, 11) is 0. The van der Waals surface area contributed by atoms with Gasteiger partial charge in [-0.2, -0.15) is 0 Å². The molecule has 1 saturated heterocycles. The molecule has 2 unspecified atom stereocenters. The highest BCUT2D eigenvalue weighted by Gasteiger charge is 2.22. The van der Waals surface area contributed by atoms with Crippen molar-refractivity contribution in [3.05, 3.63) is 64.4 Å². The van der Waals surface area contributed by atoms with E-state index >= 15 is 0 Å². The predicted octanol–water partition coefficient (Wildman–Crippen LogP) is 4.32. The van der Waals surface area contributed by atoms with Crippen LogP contribution < -0.4 is 5.32 Å². The summed E-state index contributed by atoms with van der Waals surface area (Å²) in [5.41, 5.74) is 3.15. The number of thiazole rings is 1. The molecule has 0 aliphatic carbocycles. The van der Waals surface area contributed by atoms with Crippen molar-refractivity contribution in [2.45, 2.75) is 40.3 Å². The summed E-state index contributed by atoms with van der Waals surface area (Å²) < 4.78 is 0. The Balaban J connectivity index is 1.43. The first-order chi connectivity index (χ1) is 15.0. The van der Waals surface area contributed by atoms with E-state index in [4.69, 9.17) is 0 Å². The zero-order chi connectivity index (χ0) is 21.8. The maximum atomic E-state index is 12.9. The fourth-order valence-electron chi connectivity index (χ4n) is 4.41. The van der Waals surface area contributed by atoms with Crippen molar-refractivity contribution in [2.75, 3.05) is 13.1 Å². The molecule has 3 aromatic rings. The highest BCUT2D eigenvalue weighted by molar-refractivity contribution is 7.17. The van der Waals surface area contributed by atoms with E-state index in [-0.39, 0.29) is 5.91 Å². The summed E-state index contributed by atoms with van der Waals surface area (Å²) in [4.78, 5) is 29.0. The highest BCUT2D eigenvalue weighted by atomic mass is 32.1. The maximum absolute atomic E-state index is 12.9. The monoisotopic (exact) mass is 435 g/mol. The van der Waals surface area contributed by atoms with Gasteiger partial charge >= 0.3 is 0 Å². The minimum Gasteiger partial charge on any atom is -0.347 e. The van der Waals surface area contributed by atoms with Gasteiger partial charge in [0.15, 0.2) is 10.8 Å². The van der Waals surface area contributed by atoms with Crippen LogP contribution in [0.1, 0.15) is 46.8 Å². The number of carbonyl (C=O) groups excluding carboxylic acids is 1. The van der Waals surface area contributed by atoms with Crippen molar-refractivity contribution >= 4 is 17.2 Å². The molecule has 0 spiro atoms. The van der Waals surface area contributed by atoms with Crippen LogP contribution in [0.2, 0.25) is 0 Å². The number of piperidine rings is 1. The van der Waals surface area contributed by atoms with Crippen LogP contribution in [0.3, 0.4) is 0 Å². The summed E-state index contributed by atoms with van der Waals surface area (Å²) >= 11 is 1.33. The van der Waals surface area contributed by atoms with Crippen LogP contribution in [0.4, 0.5) is 0 Å². The lowest BCUT2D eigenvalue weighted by atomic mass is 9.91. The molecule has 1 aromatic carbocycles. The largest absolute Gasteiger partial charge is 0.347 e. The molecular formula is C24H29N5OS. The molecular weight excluding hydrogens is 406 g/mol. The van der Waals surface area contributed by atoms with Crippen molar-refractivity contribution in [3.8, 4) is 10.8 Å². The Morgan fingerprint density at radius 2 is 1.77 bits per heavy atom. The first kappa shape index (κ1) is 21.6. The Hall–Kier alpha value is -2.64. The van der Waals surface area contributed by atoms with E-state index in [1.165, 1.54) is 23.3 Å². The second-order valence-corrected chi connectivity index (χ2v) is 9.60. The van der Waals surface area contributed by atoms with Crippen LogP contribution in [0.15, 0.2) is 42.7 Å². The average molecular weight is 436 g/mol. The molecule has 162 valence electrons. The molecule has 7 heteroatoms. The topological polar surface area (TPSA) is 71.0 Å². The molecule has 1 fully saturated rings. The van der Waals surface area contributed by atoms with Gasteiger partial charge in [-0.15, -0.1) is 11.3 Å². The molecule has 4 rings (SSSR count). The molecule has 1 aliphatic heterocycles. The van der Waals surface area contributed by atoms with Gasteiger partial charge in [0.1, 0.15) is 4.88 Å². The zero-order valence-corrected chi connectivity index (χ0v) is 19.2. The van der Waals surface area contributed by atoms with E-state index in [1.54, 1.807) is 18.5 Å². The second-order valence-electron chi connectivity index (χ2n) is 8.60. The molecule has 2 atom stereocenters. The standard InChI is InChI=1S/C24H29N5OS/c1-16-11-17(2)14-29(13-16)15-20-8-5-4-7-19(20)12-27-23(30)21-18(3)28-24(31-21)22-25-9-6-10-26-22/h4-10,16-17H,11-15H2,1-3H3,(H,27,30). The quantitative estimate of drug-likeness (QED) is 0.624. The van der Waals surface area contributed by atoms with Crippen LogP contribution in [0.25, 0.3) is 10.8 Å². The second kappa shape index (κ2) is 9.66. The summed E-state index contributed by atoms with van der Waals surface area (Å²) in [6.45, 7) is 10.2. The molecule has 0 saturated carbocycles. The summed E-state index contributed by atoms with van der Waals surface area (Å²) in [6.07, 6.45) is 4.66. The molecule has 0 radical (unpaired) electrons. The normalized spacial score (nSPS) is 19.3. The number of aromatic nitrogens is 3. The van der Waals surface area contributed by atoms with Gasteiger partial charge in [-0.05, 0) is 42.4 Å². The number of aryl methyl sites for hydroxylation is 1. The van der Waals surface area contributed by atoms with Crippen molar-refractivity contribution in [1.82, 2.24) is 25.2 Å². The van der Waals surface area contributed by atoms with Crippen LogP contribution in [0, 0.1) is 18.8 Å². The minimum absolute atomic E-state index is 0.104. The van der Waals surface area contributed by atoms with Gasteiger partial charge < -0.3 is 5.32 Å². The smallest absolute Gasteiger partial charge is 0.263 e. The van der Waals surface area contributed by atoms with Gasteiger partial charge in [-0.25, -0.2) is 15.0 Å². The molecule has 0 bridgehead atoms. The number of benzene rings is 1. The third kappa shape index (κ3) is 5.35. The Bertz CT molecular complexity index is 1030. The van der Waals surface area contributed by atoms with E-state index in [0.717, 1.165) is 37.0 Å². The van der Waals surface area contributed by atoms with Gasteiger partial charge in [0, 0.05) is 38.6 Å². The molecule has 2 aromatic heterocycles. The Morgan fingerprint density at radius 3 is 2.48 bits per heavy atom. The van der Waals surface area contributed by atoms with E-state index in [9.17, 15) is 4.79 Å². The lowest BCUT2D eigenvalue weighted by molar-refractivity contribution is 0.0954. The Labute approximate surface area is 187 Å². The van der Waals surface area contributed by atoms with Crippen LogP contribution >= 0.6 is 11.3 Å². The van der Waals surface area contributed by atoms with Crippen molar-refractivity contribution in [2.24, 2.45) is 11.8 Å². The fraction of sp³-hybridized carbons (Fsp3) is 0.417. The van der Waals surface area contributed by atoms with E-state index in [2.05, 4.69) is 57.2 Å². The summed E-state index contributed by atoms with van der Waals surface area (Å²) in [5.74, 6) is 1.90. The molecule has 31 heavy (non-hydrogen) atoms. The van der Waals surface area contributed by atoms with Crippen LogP contribution in [0.5, 0.6) is 0 Å². The number of nitrogens with one attached hydrogen (secondary N) is 1. The average Bonchev–Trinajstić information content (AvgIpc) is 3.14. The molecule has 1 aliphatic rings. The van der Waals surface area contributed by atoms with E-state index in [1.807, 2.05) is 13.0 Å². The van der Waals surface area contributed by atoms with Gasteiger partial charge in [0.25, 0.3) is 5.91 Å². The number of likely N-dealkylation sites (tertiary alicyclic amines) is 1. The molecule has 6 nitrogen and oxygen atoms in total. The van der Waals surface area contributed by atoms with Crippen LogP contribution in [-0.2, 0) is 13.1 Å². The maximum Gasteiger partial charge on any atom is 0.263 e. The number of rotatable bonds is 6. The molecule has 1 amide bonds. The van der Waals surface area contributed by atoms with Gasteiger partial charge in [-0.1, -0.05) is 38.1 Å². The fourth-order valence-corrected chi connectivity index (χ4v) is 5.35. The van der Waals surface area contributed by atoms with E-state index in [0.29, 0.717) is 27.9 Å². The SMILES string of the molecule is Cc1nc(-c2ncccn2)sc1C(=O)NCc1ccccc1CN1CC(C)CC(C)C1. The highest BCUT2D eigenvalue weighted by Crippen LogP contribution is 2.26. The lowest BCUT2D eigenvalue weighted by Gasteiger charge is -2.35. The number of amides is 1. The summed E-state index contributed by atoms with van der Waals surface area (Å²) in [5, 5.41) is 3.75. The first-order valence-electron chi connectivity index (χ1n) is 10.8. The zero-order valence-electron chi connectivity index (χ0n) is 18.3. The number of carbonyl (C=O) groups is 1. The van der Waals surface area contributed by atoms with Gasteiger partial charge in [0.2, 0.25) is 0 Å². The molecule has 1 N–H and O–H groups in total. The third-order valence-electron chi connectivity index (χ3n) is 5.66. The van der Waals surface area contributed by atoms with Crippen LogP contribution in [-0.4, -0.2) is 38.8 Å². The number of hydrogen-bond acceptors (Lipinski definition) is 6. The number of nitrogens with zero attached hydrogens (tertiary/aromatic N) is 4. The third-order valence-corrected chi connectivity index (χ3v) is 6.81.